The van der Waals surface area contributed by atoms with E-state index in [-0.39, 0.29) is 0 Å². The molecule has 0 saturated heterocycles. The third-order valence-corrected chi connectivity index (χ3v) is 4.16. The lowest BCUT2D eigenvalue weighted by Gasteiger charge is -2.16. The summed E-state index contributed by atoms with van der Waals surface area (Å²) in [6.07, 6.45) is 5.32. The van der Waals surface area contributed by atoms with E-state index < -0.39 is 0 Å². The van der Waals surface area contributed by atoms with Gasteiger partial charge in [0.1, 0.15) is 0 Å². The summed E-state index contributed by atoms with van der Waals surface area (Å²) in [6.45, 7) is 2.09. The zero-order valence-electron chi connectivity index (χ0n) is 11.7. The van der Waals surface area contributed by atoms with Gasteiger partial charge in [0.2, 0.25) is 0 Å². The Morgan fingerprint density at radius 3 is 2.55 bits per heavy atom. The van der Waals surface area contributed by atoms with Gasteiger partial charge in [-0.15, -0.1) is 0 Å². The van der Waals surface area contributed by atoms with E-state index in [0.717, 1.165) is 30.5 Å². The summed E-state index contributed by atoms with van der Waals surface area (Å²) in [6, 6.07) is 9.55. The maximum atomic E-state index is 10.6. The average molecular weight is 266 g/mol. The minimum atomic E-state index is 0.379. The van der Waals surface area contributed by atoms with Crippen LogP contribution in [0.4, 0.5) is 0 Å². The van der Waals surface area contributed by atoms with E-state index in [1.165, 1.54) is 24.1 Å². The monoisotopic (exact) mass is 266 g/mol. The van der Waals surface area contributed by atoms with Crippen LogP contribution in [0, 0.1) is 11.3 Å². The lowest BCUT2D eigenvalue weighted by molar-refractivity contribution is 0.434. The molecule has 0 amide bonds. The molecular weight excluding hydrogens is 248 g/mol. The van der Waals surface area contributed by atoms with Crippen molar-refractivity contribution in [2.45, 2.75) is 39.0 Å². The number of rotatable bonds is 2. The van der Waals surface area contributed by atoms with Gasteiger partial charge in [-0.3, -0.25) is 4.57 Å². The summed E-state index contributed by atoms with van der Waals surface area (Å²) in [5, 5.41) is 19.4. The summed E-state index contributed by atoms with van der Waals surface area (Å²) >= 11 is 0. The van der Waals surface area contributed by atoms with Gasteiger partial charge in [-0.2, -0.15) is 5.26 Å². The van der Waals surface area contributed by atoms with Crippen LogP contribution >= 0.6 is 0 Å². The second kappa shape index (κ2) is 5.05. The molecule has 0 radical (unpaired) electrons. The molecule has 3 rings (SSSR count). The zero-order valence-corrected chi connectivity index (χ0v) is 11.7. The third kappa shape index (κ3) is 1.89. The molecule has 0 spiro atoms. The largest absolute Gasteiger partial charge is 0.494 e. The molecular formula is C17H18N2O. The van der Waals surface area contributed by atoms with E-state index in [0.29, 0.717) is 11.4 Å². The first-order valence-electron chi connectivity index (χ1n) is 7.21. The zero-order chi connectivity index (χ0) is 14.1. The van der Waals surface area contributed by atoms with Crippen molar-refractivity contribution >= 4 is 0 Å². The predicted molar refractivity (Wildman–Crippen MR) is 78.2 cm³/mol. The van der Waals surface area contributed by atoms with Crippen LogP contribution in [0.2, 0.25) is 0 Å². The molecule has 0 fully saturated rings. The quantitative estimate of drug-likeness (QED) is 0.904. The highest BCUT2D eigenvalue weighted by atomic mass is 16.3. The second-order valence-electron chi connectivity index (χ2n) is 5.28. The highest BCUT2D eigenvalue weighted by molar-refractivity contribution is 5.52. The van der Waals surface area contributed by atoms with E-state index in [1.54, 1.807) is 12.1 Å². The molecule has 3 heteroatoms. The number of fused-ring (bicyclic) bond motifs is 1. The fraction of sp³-hybridized carbons (Fsp3) is 0.353. The summed E-state index contributed by atoms with van der Waals surface area (Å²) in [7, 11) is 0. The van der Waals surface area contributed by atoms with Crippen LogP contribution in [0.5, 0.6) is 5.88 Å². The van der Waals surface area contributed by atoms with Crippen LogP contribution in [0.1, 0.15) is 42.1 Å². The van der Waals surface area contributed by atoms with Gasteiger partial charge in [0.15, 0.2) is 5.88 Å². The van der Waals surface area contributed by atoms with E-state index in [1.807, 2.05) is 16.7 Å². The van der Waals surface area contributed by atoms with Crippen molar-refractivity contribution < 1.29 is 5.11 Å². The van der Waals surface area contributed by atoms with E-state index in [9.17, 15) is 5.11 Å². The standard InChI is InChI=1S/C17H18N2O/c1-2-14-15-5-3-4-6-16(15)19(17(14)20)13-9-7-12(11-18)8-10-13/h7-10,20H,2-6H2,1H3. The van der Waals surface area contributed by atoms with Gasteiger partial charge in [-0.25, -0.2) is 0 Å². The van der Waals surface area contributed by atoms with Gasteiger partial charge in [0.25, 0.3) is 0 Å². The van der Waals surface area contributed by atoms with Crippen molar-refractivity contribution in [3.05, 3.63) is 46.6 Å². The smallest absolute Gasteiger partial charge is 0.199 e. The van der Waals surface area contributed by atoms with Crippen LogP contribution in [0.15, 0.2) is 24.3 Å². The Morgan fingerprint density at radius 2 is 1.90 bits per heavy atom. The molecule has 0 saturated carbocycles. The molecule has 1 aliphatic carbocycles. The molecule has 0 bridgehead atoms. The van der Waals surface area contributed by atoms with Crippen LogP contribution < -0.4 is 0 Å². The highest BCUT2D eigenvalue weighted by Gasteiger charge is 2.24. The van der Waals surface area contributed by atoms with Crippen LogP contribution in [0.3, 0.4) is 0 Å². The molecule has 0 aliphatic heterocycles. The Balaban J connectivity index is 2.17. The fourth-order valence-electron chi connectivity index (χ4n) is 3.19. The van der Waals surface area contributed by atoms with Crippen molar-refractivity contribution in [1.82, 2.24) is 4.57 Å². The SMILES string of the molecule is CCc1c2c(n(-c3ccc(C#N)cc3)c1O)CCCC2. The molecule has 3 nitrogen and oxygen atoms in total. The molecule has 1 aliphatic rings. The molecule has 0 unspecified atom stereocenters. The minimum absolute atomic E-state index is 0.379. The van der Waals surface area contributed by atoms with Crippen molar-refractivity contribution in [2.75, 3.05) is 0 Å². The topological polar surface area (TPSA) is 49.0 Å². The molecule has 1 N–H and O–H groups in total. The van der Waals surface area contributed by atoms with Crippen molar-refractivity contribution in [1.29, 1.82) is 5.26 Å². The normalized spacial score (nSPS) is 13.8. The molecule has 1 aromatic heterocycles. The number of nitriles is 1. The van der Waals surface area contributed by atoms with Gasteiger partial charge in [0.05, 0.1) is 11.6 Å². The van der Waals surface area contributed by atoms with Crippen LogP contribution in [0.25, 0.3) is 5.69 Å². The van der Waals surface area contributed by atoms with Gasteiger partial charge in [-0.1, -0.05) is 6.92 Å². The Morgan fingerprint density at radius 1 is 1.20 bits per heavy atom. The Kier molecular flexibility index (Phi) is 3.23. The number of aromatic nitrogens is 1. The van der Waals surface area contributed by atoms with Gasteiger partial charge >= 0.3 is 0 Å². The number of aromatic hydroxyl groups is 1. The highest BCUT2D eigenvalue weighted by Crippen LogP contribution is 2.36. The molecule has 0 atom stereocenters. The number of benzene rings is 1. The third-order valence-electron chi connectivity index (χ3n) is 4.16. The summed E-state index contributed by atoms with van der Waals surface area (Å²) in [5.41, 5.74) is 5.25. The van der Waals surface area contributed by atoms with Crippen molar-refractivity contribution in [3.8, 4) is 17.6 Å². The average Bonchev–Trinajstić information content (AvgIpc) is 2.79. The summed E-state index contributed by atoms with van der Waals surface area (Å²) < 4.78 is 1.97. The number of hydrogen-bond donors (Lipinski definition) is 1. The van der Waals surface area contributed by atoms with Gasteiger partial charge in [-0.05, 0) is 61.9 Å². The van der Waals surface area contributed by atoms with E-state index >= 15 is 0 Å². The first kappa shape index (κ1) is 12.8. The van der Waals surface area contributed by atoms with Crippen LogP contribution in [-0.4, -0.2) is 9.67 Å². The van der Waals surface area contributed by atoms with Gasteiger partial charge in [0, 0.05) is 16.9 Å². The fourth-order valence-corrected chi connectivity index (χ4v) is 3.19. The molecule has 1 aromatic carbocycles. The van der Waals surface area contributed by atoms with Crippen LogP contribution in [-0.2, 0) is 19.3 Å². The minimum Gasteiger partial charge on any atom is -0.494 e. The Hall–Kier alpha value is -2.21. The lowest BCUT2D eigenvalue weighted by atomic mass is 9.94. The second-order valence-corrected chi connectivity index (χ2v) is 5.28. The predicted octanol–water partition coefficient (Wildman–Crippen LogP) is 3.50. The molecule has 102 valence electrons. The molecule has 20 heavy (non-hydrogen) atoms. The first-order valence-corrected chi connectivity index (χ1v) is 7.21. The van der Waals surface area contributed by atoms with Crippen molar-refractivity contribution in [3.63, 3.8) is 0 Å². The summed E-state index contributed by atoms with van der Waals surface area (Å²) in [5.74, 6) is 0.379. The first-order chi connectivity index (χ1) is 9.76. The maximum absolute atomic E-state index is 10.6. The lowest BCUT2D eigenvalue weighted by Crippen LogP contribution is -2.07. The maximum Gasteiger partial charge on any atom is 0.199 e. The van der Waals surface area contributed by atoms with Crippen molar-refractivity contribution in [2.24, 2.45) is 0 Å². The van der Waals surface area contributed by atoms with E-state index in [4.69, 9.17) is 5.26 Å². The Labute approximate surface area is 119 Å². The van der Waals surface area contributed by atoms with Gasteiger partial charge < -0.3 is 5.11 Å². The summed E-state index contributed by atoms with van der Waals surface area (Å²) in [4.78, 5) is 0. The molecule has 2 aromatic rings. The molecule has 1 heterocycles. The number of hydrogen-bond acceptors (Lipinski definition) is 2. The Bertz CT molecular complexity index is 674. The van der Waals surface area contributed by atoms with E-state index in [2.05, 4.69) is 13.0 Å². The number of nitrogens with zero attached hydrogens (tertiary/aromatic N) is 2.